The Balaban J connectivity index is 2.00. The van der Waals surface area contributed by atoms with Gasteiger partial charge in [-0.2, -0.15) is 0 Å². The molecule has 2 heterocycles. The summed E-state index contributed by atoms with van der Waals surface area (Å²) in [4.78, 5) is 29.3. The molecule has 1 N–H and O–H groups in total. The van der Waals surface area contributed by atoms with Crippen LogP contribution in [0.15, 0.2) is 30.3 Å². The number of para-hydroxylation sites is 1. The fourth-order valence-electron chi connectivity index (χ4n) is 2.66. The van der Waals surface area contributed by atoms with Gasteiger partial charge in [0.2, 0.25) is 0 Å². The Morgan fingerprint density at radius 3 is 2.86 bits per heavy atom. The average molecular weight is 305 g/mol. The summed E-state index contributed by atoms with van der Waals surface area (Å²) in [6.45, 7) is 0.432. The van der Waals surface area contributed by atoms with Crippen molar-refractivity contribution in [2.75, 3.05) is 6.54 Å². The lowest BCUT2D eigenvalue weighted by Crippen LogP contribution is -2.40. The number of carboxylic acids is 1. The molecule has 1 atom stereocenters. The third-order valence-electron chi connectivity index (χ3n) is 3.68. The number of aromatic nitrogens is 1. The first kappa shape index (κ1) is 13.8. The maximum atomic E-state index is 12.5. The first-order chi connectivity index (χ1) is 10.1. The molecular weight excluding hydrogens is 292 g/mol. The Morgan fingerprint density at radius 1 is 1.33 bits per heavy atom. The zero-order valence-corrected chi connectivity index (χ0v) is 11.9. The molecule has 0 bridgehead atoms. The van der Waals surface area contributed by atoms with Crippen molar-refractivity contribution in [3.63, 3.8) is 0 Å². The van der Waals surface area contributed by atoms with Gasteiger partial charge < -0.3 is 10.0 Å². The van der Waals surface area contributed by atoms with E-state index >= 15 is 0 Å². The van der Waals surface area contributed by atoms with Crippen molar-refractivity contribution >= 4 is 34.4 Å². The Hall–Kier alpha value is -2.14. The summed E-state index contributed by atoms with van der Waals surface area (Å²) in [6, 6.07) is 7.99. The number of halogens is 1. The van der Waals surface area contributed by atoms with Crippen LogP contribution in [0.25, 0.3) is 10.9 Å². The molecule has 0 saturated carbocycles. The van der Waals surface area contributed by atoms with Crippen molar-refractivity contribution in [1.82, 2.24) is 9.88 Å². The molecule has 1 aliphatic rings. The molecule has 3 rings (SSSR count). The van der Waals surface area contributed by atoms with Crippen molar-refractivity contribution in [1.29, 1.82) is 0 Å². The predicted octanol–water partition coefficient (Wildman–Crippen LogP) is 2.58. The number of carbonyl (C=O) groups is 2. The van der Waals surface area contributed by atoms with E-state index in [0.29, 0.717) is 29.9 Å². The maximum Gasteiger partial charge on any atom is 0.326 e. The van der Waals surface area contributed by atoms with Crippen LogP contribution < -0.4 is 0 Å². The first-order valence-electron chi connectivity index (χ1n) is 6.67. The number of likely N-dealkylation sites (tertiary alicyclic amines) is 1. The lowest BCUT2D eigenvalue weighted by Gasteiger charge is -2.21. The minimum atomic E-state index is -0.979. The van der Waals surface area contributed by atoms with Crippen LogP contribution in [0, 0.1) is 0 Å². The summed E-state index contributed by atoms with van der Waals surface area (Å²) in [5.74, 6) is -1.36. The van der Waals surface area contributed by atoms with Gasteiger partial charge in [0.15, 0.2) is 0 Å². The summed E-state index contributed by atoms with van der Waals surface area (Å²) >= 11 is 6.18. The van der Waals surface area contributed by atoms with Gasteiger partial charge in [0.05, 0.1) is 10.5 Å². The largest absolute Gasteiger partial charge is 0.480 e. The number of amides is 1. The van der Waals surface area contributed by atoms with Gasteiger partial charge in [-0.15, -0.1) is 0 Å². The quantitative estimate of drug-likeness (QED) is 0.925. The highest BCUT2D eigenvalue weighted by atomic mass is 35.5. The minimum Gasteiger partial charge on any atom is -0.480 e. The van der Waals surface area contributed by atoms with Gasteiger partial charge in [0.1, 0.15) is 11.7 Å². The monoisotopic (exact) mass is 304 g/mol. The second-order valence-corrected chi connectivity index (χ2v) is 5.41. The van der Waals surface area contributed by atoms with Crippen molar-refractivity contribution in [3.8, 4) is 0 Å². The highest BCUT2D eigenvalue weighted by Gasteiger charge is 2.35. The molecule has 1 aliphatic heterocycles. The number of carboxylic acid groups (broad SMARTS) is 1. The van der Waals surface area contributed by atoms with Crippen LogP contribution in [0.1, 0.15) is 23.3 Å². The Labute approximate surface area is 126 Å². The van der Waals surface area contributed by atoms with E-state index in [1.165, 1.54) is 11.0 Å². The van der Waals surface area contributed by atoms with E-state index in [2.05, 4.69) is 4.98 Å². The molecule has 6 heteroatoms. The van der Waals surface area contributed by atoms with Gasteiger partial charge in [0.25, 0.3) is 5.91 Å². The number of pyridine rings is 1. The lowest BCUT2D eigenvalue weighted by molar-refractivity contribution is -0.141. The smallest absolute Gasteiger partial charge is 0.326 e. The summed E-state index contributed by atoms with van der Waals surface area (Å²) in [7, 11) is 0. The van der Waals surface area contributed by atoms with Gasteiger partial charge in [-0.1, -0.05) is 29.8 Å². The van der Waals surface area contributed by atoms with E-state index in [1.54, 1.807) is 6.07 Å². The van der Waals surface area contributed by atoms with Gasteiger partial charge in [-0.25, -0.2) is 9.78 Å². The second kappa shape index (κ2) is 5.33. The van der Waals surface area contributed by atoms with E-state index in [1.807, 2.05) is 18.2 Å². The third-order valence-corrected chi connectivity index (χ3v) is 4.00. The summed E-state index contributed by atoms with van der Waals surface area (Å²) in [5, 5.41) is 10.4. The Kier molecular flexibility index (Phi) is 3.51. The fourth-order valence-corrected chi connectivity index (χ4v) is 2.92. The Bertz CT molecular complexity index is 732. The van der Waals surface area contributed by atoms with E-state index in [-0.39, 0.29) is 11.6 Å². The number of nitrogens with zero attached hydrogens (tertiary/aromatic N) is 2. The number of aliphatic carboxylic acids is 1. The zero-order valence-electron chi connectivity index (χ0n) is 11.1. The maximum absolute atomic E-state index is 12.5. The molecule has 108 valence electrons. The molecule has 0 aliphatic carbocycles. The molecule has 2 aromatic rings. The van der Waals surface area contributed by atoms with E-state index < -0.39 is 12.0 Å². The van der Waals surface area contributed by atoms with Crippen LogP contribution in [0.2, 0.25) is 5.02 Å². The highest BCUT2D eigenvalue weighted by Crippen LogP contribution is 2.25. The van der Waals surface area contributed by atoms with E-state index in [4.69, 9.17) is 16.7 Å². The molecule has 0 spiro atoms. The first-order valence-corrected chi connectivity index (χ1v) is 7.05. The number of benzene rings is 1. The number of hydrogen-bond acceptors (Lipinski definition) is 3. The van der Waals surface area contributed by atoms with Crippen molar-refractivity contribution in [2.24, 2.45) is 0 Å². The minimum absolute atomic E-state index is 0.187. The number of rotatable bonds is 2. The van der Waals surface area contributed by atoms with Gasteiger partial charge >= 0.3 is 5.97 Å². The topological polar surface area (TPSA) is 70.5 Å². The molecular formula is C15H13ClN2O3. The van der Waals surface area contributed by atoms with Gasteiger partial charge in [-0.3, -0.25) is 4.79 Å². The van der Waals surface area contributed by atoms with Crippen LogP contribution in [-0.4, -0.2) is 39.5 Å². The molecule has 1 amide bonds. The number of fused-ring (bicyclic) bond motifs is 1. The number of carbonyl (C=O) groups excluding carboxylic acids is 1. The molecule has 1 aromatic carbocycles. The predicted molar refractivity (Wildman–Crippen MR) is 78.4 cm³/mol. The van der Waals surface area contributed by atoms with Crippen LogP contribution in [0.5, 0.6) is 0 Å². The summed E-state index contributed by atoms with van der Waals surface area (Å²) in [6.07, 6.45) is 1.16. The molecule has 0 unspecified atom stereocenters. The molecule has 1 aromatic heterocycles. The van der Waals surface area contributed by atoms with Crippen LogP contribution in [0.3, 0.4) is 0 Å². The van der Waals surface area contributed by atoms with Gasteiger partial charge in [0, 0.05) is 11.9 Å². The van der Waals surface area contributed by atoms with Gasteiger partial charge in [-0.05, 0) is 25.0 Å². The molecule has 21 heavy (non-hydrogen) atoms. The molecule has 1 fully saturated rings. The molecule has 1 saturated heterocycles. The van der Waals surface area contributed by atoms with Crippen molar-refractivity contribution < 1.29 is 14.7 Å². The Morgan fingerprint density at radius 2 is 2.10 bits per heavy atom. The SMILES string of the molecule is O=C(O)[C@@H]1CCCN1C(=O)c1cc(Cl)c2ccccc2n1. The standard InChI is InChI=1S/C15H13ClN2O3/c16-10-8-12(17-11-5-2-1-4-9(10)11)14(19)18-7-3-6-13(18)15(20)21/h1-2,4-5,8,13H,3,6-7H2,(H,20,21)/t13-/m0/s1. The van der Waals surface area contributed by atoms with Crippen molar-refractivity contribution in [3.05, 3.63) is 41.0 Å². The van der Waals surface area contributed by atoms with E-state index in [0.717, 1.165) is 5.39 Å². The number of hydrogen-bond donors (Lipinski definition) is 1. The van der Waals surface area contributed by atoms with Crippen LogP contribution >= 0.6 is 11.6 Å². The molecule has 0 radical (unpaired) electrons. The summed E-state index contributed by atoms with van der Waals surface area (Å²) in [5.41, 5.74) is 0.811. The highest BCUT2D eigenvalue weighted by molar-refractivity contribution is 6.35. The van der Waals surface area contributed by atoms with Crippen molar-refractivity contribution in [2.45, 2.75) is 18.9 Å². The molecule has 5 nitrogen and oxygen atoms in total. The second-order valence-electron chi connectivity index (χ2n) is 5.00. The normalized spacial score (nSPS) is 18.1. The fraction of sp³-hybridized carbons (Fsp3) is 0.267. The van der Waals surface area contributed by atoms with Crippen LogP contribution in [-0.2, 0) is 4.79 Å². The average Bonchev–Trinajstić information content (AvgIpc) is 2.96. The third kappa shape index (κ3) is 2.45. The lowest BCUT2D eigenvalue weighted by atomic mass is 10.2. The van der Waals surface area contributed by atoms with Crippen LogP contribution in [0.4, 0.5) is 0 Å². The zero-order chi connectivity index (χ0) is 15.0. The summed E-state index contributed by atoms with van der Waals surface area (Å²) < 4.78 is 0. The van der Waals surface area contributed by atoms with E-state index in [9.17, 15) is 9.59 Å².